The van der Waals surface area contributed by atoms with Crippen molar-refractivity contribution >= 4 is 29.3 Å². The number of aromatic nitrogens is 4. The van der Waals surface area contributed by atoms with Crippen molar-refractivity contribution in [1.82, 2.24) is 24.5 Å². The van der Waals surface area contributed by atoms with Gasteiger partial charge in [0, 0.05) is 32.4 Å². The molecule has 23 heavy (non-hydrogen) atoms. The summed E-state index contributed by atoms with van der Waals surface area (Å²) in [5.41, 5.74) is 0. The predicted octanol–water partition coefficient (Wildman–Crippen LogP) is -0.113. The summed E-state index contributed by atoms with van der Waals surface area (Å²) in [6.07, 6.45) is 4.94. The van der Waals surface area contributed by atoms with E-state index in [4.69, 9.17) is 0 Å². The summed E-state index contributed by atoms with van der Waals surface area (Å²) in [7, 11) is 0. The molecule has 9 heteroatoms. The van der Waals surface area contributed by atoms with Gasteiger partial charge in [-0.3, -0.25) is 9.20 Å². The van der Waals surface area contributed by atoms with Gasteiger partial charge in [-0.1, -0.05) is 0 Å². The van der Waals surface area contributed by atoms with E-state index < -0.39 is 6.10 Å². The molecule has 0 bridgehead atoms. The van der Waals surface area contributed by atoms with Crippen LogP contribution in [0, 0.1) is 0 Å². The number of aliphatic hydroxyl groups is 1. The molecule has 1 aliphatic rings. The first-order chi connectivity index (χ1) is 11.2. The van der Waals surface area contributed by atoms with Gasteiger partial charge in [0.25, 0.3) is 11.7 Å². The lowest BCUT2D eigenvalue weighted by molar-refractivity contribution is -0.140. The molecule has 1 N–H and O–H groups in total. The minimum atomic E-state index is -0.889. The number of hydrogen-bond acceptors (Lipinski definition) is 7. The zero-order chi connectivity index (χ0) is 16.2. The van der Waals surface area contributed by atoms with Crippen LogP contribution >= 0.6 is 11.8 Å². The number of rotatable bonds is 5. The fraction of sp³-hybridized carbons (Fsp3) is 0.571. The van der Waals surface area contributed by atoms with Crippen LogP contribution in [0.1, 0.15) is 6.42 Å². The van der Waals surface area contributed by atoms with E-state index in [1.54, 1.807) is 29.2 Å². The molecule has 1 atom stereocenters. The van der Waals surface area contributed by atoms with Gasteiger partial charge in [0.15, 0.2) is 0 Å². The van der Waals surface area contributed by atoms with Gasteiger partial charge in [-0.2, -0.15) is 11.8 Å². The van der Waals surface area contributed by atoms with Crippen LogP contribution in [0.25, 0.3) is 5.78 Å². The molecule has 2 aromatic heterocycles. The minimum Gasteiger partial charge on any atom is -0.383 e. The largest absolute Gasteiger partial charge is 0.383 e. The first kappa shape index (κ1) is 16.0. The fourth-order valence-electron chi connectivity index (χ4n) is 2.71. The number of fused-ring (bicyclic) bond motifs is 1. The third kappa shape index (κ3) is 3.40. The molecule has 0 aromatic carbocycles. The van der Waals surface area contributed by atoms with Gasteiger partial charge in [0.05, 0.1) is 0 Å². The van der Waals surface area contributed by atoms with Crippen LogP contribution in [-0.2, 0) is 4.79 Å². The molecule has 8 nitrogen and oxygen atoms in total. The SMILES string of the molecule is CSCC[C@@H](O)C(=O)N1CCN(c2ccnc3nncn23)CC1. The van der Waals surface area contributed by atoms with Gasteiger partial charge in [-0.05, 0) is 24.5 Å². The molecule has 1 aliphatic heterocycles. The van der Waals surface area contributed by atoms with Crippen LogP contribution in [0.4, 0.5) is 5.82 Å². The molecule has 1 saturated heterocycles. The topological polar surface area (TPSA) is 86.9 Å². The lowest BCUT2D eigenvalue weighted by atomic mass is 10.2. The lowest BCUT2D eigenvalue weighted by Crippen LogP contribution is -2.52. The maximum Gasteiger partial charge on any atom is 0.256 e. The van der Waals surface area contributed by atoms with Crippen LogP contribution in [-0.4, -0.2) is 79.8 Å². The monoisotopic (exact) mass is 336 g/mol. The highest BCUT2D eigenvalue weighted by Crippen LogP contribution is 2.17. The molecule has 0 saturated carbocycles. The van der Waals surface area contributed by atoms with Crippen molar-refractivity contribution in [3.63, 3.8) is 0 Å². The van der Waals surface area contributed by atoms with E-state index in [9.17, 15) is 9.90 Å². The highest BCUT2D eigenvalue weighted by atomic mass is 32.2. The van der Waals surface area contributed by atoms with Gasteiger partial charge >= 0.3 is 0 Å². The van der Waals surface area contributed by atoms with Crippen LogP contribution in [0.5, 0.6) is 0 Å². The number of amides is 1. The van der Waals surface area contributed by atoms with E-state index in [-0.39, 0.29) is 5.91 Å². The summed E-state index contributed by atoms with van der Waals surface area (Å²) in [6, 6.07) is 1.92. The molecule has 0 radical (unpaired) electrons. The van der Waals surface area contributed by atoms with Crippen molar-refractivity contribution in [2.24, 2.45) is 0 Å². The lowest BCUT2D eigenvalue weighted by Gasteiger charge is -2.36. The molecule has 3 rings (SSSR count). The normalized spacial score (nSPS) is 16.8. The highest BCUT2D eigenvalue weighted by Gasteiger charge is 2.26. The standard InChI is InChI=1S/C14H20N6O2S/c1-23-9-3-11(21)13(22)19-7-5-18(6-8-19)12-2-4-15-14-17-16-10-20(12)14/h2,4,10-11,21H,3,5-9H2,1H3/t11-/m1/s1. The number of carbonyl (C=O) groups is 1. The summed E-state index contributed by atoms with van der Waals surface area (Å²) in [6.45, 7) is 2.61. The van der Waals surface area contributed by atoms with Crippen molar-refractivity contribution < 1.29 is 9.90 Å². The number of thioether (sulfide) groups is 1. The Morgan fingerprint density at radius 1 is 1.39 bits per heavy atom. The zero-order valence-electron chi connectivity index (χ0n) is 13.0. The Balaban J connectivity index is 1.62. The molecule has 0 aliphatic carbocycles. The second kappa shape index (κ2) is 7.14. The molecule has 1 amide bonds. The molecule has 0 spiro atoms. The van der Waals surface area contributed by atoms with Crippen molar-refractivity contribution in [1.29, 1.82) is 0 Å². The third-order valence-electron chi connectivity index (χ3n) is 3.99. The maximum atomic E-state index is 12.2. The summed E-state index contributed by atoms with van der Waals surface area (Å²) >= 11 is 1.63. The number of aliphatic hydroxyl groups excluding tert-OH is 1. The Bertz CT molecular complexity index is 670. The van der Waals surface area contributed by atoms with E-state index in [1.165, 1.54) is 0 Å². The minimum absolute atomic E-state index is 0.164. The van der Waals surface area contributed by atoms with Gasteiger partial charge < -0.3 is 14.9 Å². The number of piperazine rings is 1. The first-order valence-electron chi connectivity index (χ1n) is 7.56. The second-order valence-corrected chi connectivity index (χ2v) is 6.40. The smallest absolute Gasteiger partial charge is 0.256 e. The van der Waals surface area contributed by atoms with Crippen molar-refractivity contribution in [3.8, 4) is 0 Å². The van der Waals surface area contributed by atoms with Gasteiger partial charge in [-0.25, -0.2) is 4.98 Å². The average molecular weight is 336 g/mol. The van der Waals surface area contributed by atoms with Gasteiger partial charge in [-0.15, -0.1) is 10.2 Å². The first-order valence-corrected chi connectivity index (χ1v) is 8.95. The second-order valence-electron chi connectivity index (χ2n) is 5.41. The molecule has 3 heterocycles. The summed E-state index contributed by atoms with van der Waals surface area (Å²) in [5, 5.41) is 17.8. The van der Waals surface area contributed by atoms with Crippen LogP contribution in [0.3, 0.4) is 0 Å². The van der Waals surface area contributed by atoms with E-state index in [1.807, 2.05) is 16.7 Å². The molecule has 124 valence electrons. The van der Waals surface area contributed by atoms with Crippen LogP contribution < -0.4 is 4.90 Å². The Morgan fingerprint density at radius 3 is 2.91 bits per heavy atom. The van der Waals surface area contributed by atoms with E-state index in [0.717, 1.165) is 11.6 Å². The average Bonchev–Trinajstić information content (AvgIpc) is 3.08. The van der Waals surface area contributed by atoms with Crippen molar-refractivity contribution in [3.05, 3.63) is 18.6 Å². The Hall–Kier alpha value is -1.87. The molecular weight excluding hydrogens is 316 g/mol. The molecular formula is C14H20N6O2S. The zero-order valence-corrected chi connectivity index (χ0v) is 13.8. The fourth-order valence-corrected chi connectivity index (χ4v) is 3.17. The van der Waals surface area contributed by atoms with Crippen LogP contribution in [0.15, 0.2) is 18.6 Å². The number of carbonyl (C=O) groups excluding carboxylic acids is 1. The quantitative estimate of drug-likeness (QED) is 0.815. The Morgan fingerprint density at radius 2 is 2.17 bits per heavy atom. The summed E-state index contributed by atoms with van der Waals surface area (Å²) < 4.78 is 1.84. The number of hydrogen-bond donors (Lipinski definition) is 1. The molecule has 0 unspecified atom stereocenters. The van der Waals surface area contributed by atoms with E-state index in [2.05, 4.69) is 20.1 Å². The Labute approximate surface area is 138 Å². The predicted molar refractivity (Wildman–Crippen MR) is 88.6 cm³/mol. The van der Waals surface area contributed by atoms with E-state index in [0.29, 0.717) is 38.4 Å². The van der Waals surface area contributed by atoms with Crippen LogP contribution in [0.2, 0.25) is 0 Å². The van der Waals surface area contributed by atoms with Crippen molar-refractivity contribution in [2.45, 2.75) is 12.5 Å². The number of nitrogens with zero attached hydrogens (tertiary/aromatic N) is 6. The number of anilines is 1. The van der Waals surface area contributed by atoms with E-state index >= 15 is 0 Å². The van der Waals surface area contributed by atoms with Gasteiger partial charge in [0.2, 0.25) is 0 Å². The molecule has 2 aromatic rings. The summed E-state index contributed by atoms with van der Waals surface area (Å²) in [5.74, 6) is 2.15. The van der Waals surface area contributed by atoms with Crippen molar-refractivity contribution in [2.75, 3.05) is 43.1 Å². The highest BCUT2D eigenvalue weighted by molar-refractivity contribution is 7.98. The molecule has 1 fully saturated rings. The third-order valence-corrected chi connectivity index (χ3v) is 4.63. The maximum absolute atomic E-state index is 12.2. The van der Waals surface area contributed by atoms with Gasteiger partial charge in [0.1, 0.15) is 18.2 Å². The Kier molecular flexibility index (Phi) is 4.97. The summed E-state index contributed by atoms with van der Waals surface area (Å²) in [4.78, 5) is 20.3.